The number of benzene rings is 1. The predicted molar refractivity (Wildman–Crippen MR) is 74.8 cm³/mol. The average molecular weight is 249 g/mol. The van der Waals surface area contributed by atoms with Crippen LogP contribution in [0.25, 0.3) is 0 Å². The van der Waals surface area contributed by atoms with Gasteiger partial charge in [-0.1, -0.05) is 44.4 Å². The molecular weight excluding hydrogens is 226 g/mol. The molecule has 0 spiro atoms. The summed E-state index contributed by atoms with van der Waals surface area (Å²) < 4.78 is 5.28. The van der Waals surface area contributed by atoms with E-state index in [0.717, 1.165) is 18.5 Å². The van der Waals surface area contributed by atoms with Gasteiger partial charge in [0.05, 0.1) is 0 Å². The first-order valence-corrected chi connectivity index (χ1v) is 6.75. The highest BCUT2D eigenvalue weighted by molar-refractivity contribution is 5.84. The van der Waals surface area contributed by atoms with Gasteiger partial charge in [0.2, 0.25) is 0 Å². The second-order valence-electron chi connectivity index (χ2n) is 4.56. The number of rotatable bonds is 7. The quantitative estimate of drug-likeness (QED) is 0.717. The third-order valence-corrected chi connectivity index (χ3v) is 2.79. The summed E-state index contributed by atoms with van der Waals surface area (Å²) in [7, 11) is 0. The summed E-state index contributed by atoms with van der Waals surface area (Å²) in [4.78, 5) is 11.6. The largest absolute Gasteiger partial charge is 0.446 e. The Morgan fingerprint density at radius 3 is 2.61 bits per heavy atom. The number of ether oxygens (including phenoxy) is 1. The number of carbonyl (C=O) groups is 1. The van der Waals surface area contributed by atoms with E-state index in [0.29, 0.717) is 0 Å². The van der Waals surface area contributed by atoms with Gasteiger partial charge in [0.25, 0.3) is 0 Å². The van der Waals surface area contributed by atoms with Crippen LogP contribution in [0.15, 0.2) is 30.3 Å². The molecule has 0 heterocycles. The highest BCUT2D eigenvalue weighted by Crippen LogP contribution is 2.10. The van der Waals surface area contributed by atoms with E-state index in [4.69, 9.17) is 4.74 Å². The molecule has 3 heteroatoms. The van der Waals surface area contributed by atoms with Crippen molar-refractivity contribution < 1.29 is 9.53 Å². The second kappa shape index (κ2) is 8.56. The first-order chi connectivity index (χ1) is 8.72. The van der Waals surface area contributed by atoms with Crippen molar-refractivity contribution in [1.29, 1.82) is 0 Å². The summed E-state index contributed by atoms with van der Waals surface area (Å²) in [6.07, 6.45) is 5.35. The van der Waals surface area contributed by atoms with Crippen LogP contribution in [-0.4, -0.2) is 12.2 Å². The van der Waals surface area contributed by atoms with Gasteiger partial charge in [0, 0.05) is 5.69 Å². The number of hydrogen-bond acceptors (Lipinski definition) is 2. The molecule has 0 aliphatic carbocycles. The van der Waals surface area contributed by atoms with E-state index in [1.807, 2.05) is 37.3 Å². The normalized spacial score (nSPS) is 11.9. The topological polar surface area (TPSA) is 38.3 Å². The molecule has 0 bridgehead atoms. The van der Waals surface area contributed by atoms with Crippen molar-refractivity contribution in [2.45, 2.75) is 52.1 Å². The van der Waals surface area contributed by atoms with Crippen molar-refractivity contribution in [3.63, 3.8) is 0 Å². The van der Waals surface area contributed by atoms with Gasteiger partial charge in [-0.2, -0.15) is 0 Å². The molecule has 0 unspecified atom stereocenters. The number of nitrogens with one attached hydrogen (secondary N) is 1. The van der Waals surface area contributed by atoms with E-state index in [1.54, 1.807) is 0 Å². The SMILES string of the molecule is CCCCCC[C@H](C)OC(=O)Nc1ccccc1. The first kappa shape index (κ1) is 14.6. The molecule has 1 atom stereocenters. The van der Waals surface area contributed by atoms with E-state index in [-0.39, 0.29) is 12.2 Å². The minimum absolute atomic E-state index is 0.0226. The number of hydrogen-bond donors (Lipinski definition) is 1. The van der Waals surface area contributed by atoms with E-state index >= 15 is 0 Å². The Morgan fingerprint density at radius 2 is 1.94 bits per heavy atom. The third-order valence-electron chi connectivity index (χ3n) is 2.79. The molecule has 0 aliphatic heterocycles. The highest BCUT2D eigenvalue weighted by atomic mass is 16.6. The summed E-state index contributed by atoms with van der Waals surface area (Å²) in [6, 6.07) is 9.35. The maximum Gasteiger partial charge on any atom is 0.411 e. The van der Waals surface area contributed by atoms with Crippen LogP contribution < -0.4 is 5.32 Å². The fourth-order valence-corrected chi connectivity index (χ4v) is 1.77. The fraction of sp³-hybridized carbons (Fsp3) is 0.533. The number of carbonyl (C=O) groups excluding carboxylic acids is 1. The smallest absolute Gasteiger partial charge is 0.411 e. The Labute approximate surface area is 110 Å². The molecule has 0 aliphatic rings. The Kier molecular flexibility index (Phi) is 6.92. The lowest BCUT2D eigenvalue weighted by atomic mass is 10.1. The lowest BCUT2D eigenvalue weighted by Gasteiger charge is -2.13. The molecule has 18 heavy (non-hydrogen) atoms. The molecular formula is C15H23NO2. The summed E-state index contributed by atoms with van der Waals surface area (Å²) >= 11 is 0. The minimum Gasteiger partial charge on any atom is -0.446 e. The fourth-order valence-electron chi connectivity index (χ4n) is 1.77. The average Bonchev–Trinajstić information content (AvgIpc) is 2.35. The van der Waals surface area contributed by atoms with Crippen LogP contribution in [-0.2, 0) is 4.74 Å². The predicted octanol–water partition coefficient (Wildman–Crippen LogP) is 4.59. The van der Waals surface area contributed by atoms with Crippen molar-refractivity contribution in [1.82, 2.24) is 0 Å². The summed E-state index contributed by atoms with van der Waals surface area (Å²) in [5.74, 6) is 0. The van der Waals surface area contributed by atoms with Crippen LogP contribution in [0.1, 0.15) is 46.0 Å². The number of anilines is 1. The molecule has 0 saturated heterocycles. The van der Waals surface area contributed by atoms with Crippen LogP contribution in [0.5, 0.6) is 0 Å². The zero-order valence-corrected chi connectivity index (χ0v) is 11.3. The highest BCUT2D eigenvalue weighted by Gasteiger charge is 2.08. The Morgan fingerprint density at radius 1 is 1.22 bits per heavy atom. The van der Waals surface area contributed by atoms with Gasteiger partial charge in [-0.05, 0) is 31.9 Å². The number of unbranched alkanes of at least 4 members (excludes halogenated alkanes) is 3. The molecule has 0 aromatic heterocycles. The van der Waals surface area contributed by atoms with Crippen molar-refractivity contribution in [2.24, 2.45) is 0 Å². The molecule has 3 nitrogen and oxygen atoms in total. The summed E-state index contributed by atoms with van der Waals surface area (Å²) in [6.45, 7) is 4.13. The number of amides is 1. The maximum atomic E-state index is 11.6. The van der Waals surface area contributed by atoms with Crippen molar-refractivity contribution in [3.8, 4) is 0 Å². The molecule has 0 fully saturated rings. The Balaban J connectivity index is 2.19. The van der Waals surface area contributed by atoms with Crippen molar-refractivity contribution in [2.75, 3.05) is 5.32 Å². The van der Waals surface area contributed by atoms with Crippen molar-refractivity contribution >= 4 is 11.8 Å². The van der Waals surface area contributed by atoms with Gasteiger partial charge >= 0.3 is 6.09 Å². The lowest BCUT2D eigenvalue weighted by Crippen LogP contribution is -2.20. The van der Waals surface area contributed by atoms with Gasteiger partial charge in [0.15, 0.2) is 0 Å². The molecule has 0 radical (unpaired) electrons. The number of para-hydroxylation sites is 1. The van der Waals surface area contributed by atoms with Crippen molar-refractivity contribution in [3.05, 3.63) is 30.3 Å². The monoisotopic (exact) mass is 249 g/mol. The molecule has 1 rings (SSSR count). The van der Waals surface area contributed by atoms with Crippen LogP contribution in [0.4, 0.5) is 10.5 Å². The Hall–Kier alpha value is -1.51. The minimum atomic E-state index is -0.371. The standard InChI is InChI=1S/C15H23NO2/c1-3-4-5-7-10-13(2)18-15(17)16-14-11-8-6-9-12-14/h6,8-9,11-13H,3-5,7,10H2,1-2H3,(H,16,17)/t13-/m0/s1. The summed E-state index contributed by atoms with van der Waals surface area (Å²) in [5, 5.41) is 2.71. The van der Waals surface area contributed by atoms with E-state index in [1.165, 1.54) is 19.3 Å². The third kappa shape index (κ3) is 6.28. The zero-order valence-electron chi connectivity index (χ0n) is 11.3. The molecule has 100 valence electrons. The van der Waals surface area contributed by atoms with Gasteiger partial charge in [-0.15, -0.1) is 0 Å². The van der Waals surface area contributed by atoms with Gasteiger partial charge in [-0.3, -0.25) is 5.32 Å². The van der Waals surface area contributed by atoms with Crippen LogP contribution >= 0.6 is 0 Å². The van der Waals surface area contributed by atoms with Crippen LogP contribution in [0.2, 0.25) is 0 Å². The lowest BCUT2D eigenvalue weighted by molar-refractivity contribution is 0.114. The first-order valence-electron chi connectivity index (χ1n) is 6.75. The Bertz CT molecular complexity index is 338. The van der Waals surface area contributed by atoms with E-state index in [2.05, 4.69) is 12.2 Å². The second-order valence-corrected chi connectivity index (χ2v) is 4.56. The van der Waals surface area contributed by atoms with Gasteiger partial charge < -0.3 is 4.74 Å². The maximum absolute atomic E-state index is 11.6. The molecule has 0 saturated carbocycles. The zero-order chi connectivity index (χ0) is 13.2. The molecule has 1 amide bonds. The van der Waals surface area contributed by atoms with Crippen LogP contribution in [0.3, 0.4) is 0 Å². The summed E-state index contributed by atoms with van der Waals surface area (Å²) in [5.41, 5.74) is 0.765. The van der Waals surface area contributed by atoms with E-state index in [9.17, 15) is 4.79 Å². The molecule has 1 aromatic carbocycles. The molecule has 1 aromatic rings. The van der Waals surface area contributed by atoms with E-state index < -0.39 is 0 Å². The molecule has 1 N–H and O–H groups in total. The van der Waals surface area contributed by atoms with Gasteiger partial charge in [-0.25, -0.2) is 4.79 Å². The van der Waals surface area contributed by atoms with Crippen LogP contribution in [0, 0.1) is 0 Å². The van der Waals surface area contributed by atoms with Gasteiger partial charge in [0.1, 0.15) is 6.10 Å².